The van der Waals surface area contributed by atoms with Crippen LogP contribution in [0.2, 0.25) is 0 Å². The molecule has 1 aromatic rings. The number of carbonyl (C=O) groups excluding carboxylic acids is 1. The van der Waals surface area contributed by atoms with Crippen LogP contribution in [0.5, 0.6) is 0 Å². The van der Waals surface area contributed by atoms with Crippen LogP contribution in [0.15, 0.2) is 30.3 Å². The van der Waals surface area contributed by atoms with Crippen molar-refractivity contribution in [2.24, 2.45) is 11.7 Å². The molecule has 0 fully saturated rings. The molecule has 0 saturated carbocycles. The van der Waals surface area contributed by atoms with Crippen LogP contribution < -0.4 is 5.73 Å². The second-order valence-electron chi connectivity index (χ2n) is 4.81. The molecule has 1 unspecified atom stereocenters. The lowest BCUT2D eigenvalue weighted by Crippen LogP contribution is -2.50. The first-order valence-electron chi connectivity index (χ1n) is 5.94. The van der Waals surface area contributed by atoms with Crippen LogP contribution in [-0.4, -0.2) is 18.1 Å². The standard InChI is InChI=1S/C14H21NO2/c1-11(2)14(3,15)13(16)17-10-9-12-7-5-4-6-8-12/h4-8,11H,9-10,15H2,1-3H3. The molecular formula is C14H21NO2. The fourth-order valence-corrected chi connectivity index (χ4v) is 1.30. The van der Waals surface area contributed by atoms with Gasteiger partial charge in [0.1, 0.15) is 5.54 Å². The van der Waals surface area contributed by atoms with Gasteiger partial charge in [-0.25, -0.2) is 0 Å². The Kier molecular flexibility index (Phi) is 4.70. The highest BCUT2D eigenvalue weighted by molar-refractivity contribution is 5.80. The van der Waals surface area contributed by atoms with Gasteiger partial charge < -0.3 is 10.5 Å². The molecule has 0 aliphatic carbocycles. The average molecular weight is 235 g/mol. The maximum atomic E-state index is 11.7. The number of rotatable bonds is 5. The van der Waals surface area contributed by atoms with Crippen LogP contribution in [0, 0.1) is 5.92 Å². The van der Waals surface area contributed by atoms with E-state index in [1.54, 1.807) is 6.92 Å². The van der Waals surface area contributed by atoms with Gasteiger partial charge in [-0.2, -0.15) is 0 Å². The molecule has 94 valence electrons. The molecule has 1 aromatic carbocycles. The van der Waals surface area contributed by atoms with Gasteiger partial charge in [-0.15, -0.1) is 0 Å². The zero-order valence-electron chi connectivity index (χ0n) is 10.8. The fourth-order valence-electron chi connectivity index (χ4n) is 1.30. The van der Waals surface area contributed by atoms with Crippen LogP contribution >= 0.6 is 0 Å². The second kappa shape index (κ2) is 5.82. The molecule has 3 nitrogen and oxygen atoms in total. The summed E-state index contributed by atoms with van der Waals surface area (Å²) in [5.74, 6) is -0.268. The topological polar surface area (TPSA) is 52.3 Å². The molecular weight excluding hydrogens is 214 g/mol. The zero-order chi connectivity index (χ0) is 12.9. The Morgan fingerprint density at radius 2 is 1.94 bits per heavy atom. The van der Waals surface area contributed by atoms with E-state index in [4.69, 9.17) is 10.5 Å². The molecule has 0 amide bonds. The number of benzene rings is 1. The molecule has 0 aliphatic heterocycles. The maximum Gasteiger partial charge on any atom is 0.326 e. The van der Waals surface area contributed by atoms with E-state index in [9.17, 15) is 4.79 Å². The van der Waals surface area contributed by atoms with Crippen LogP contribution in [0.3, 0.4) is 0 Å². The normalized spacial score (nSPS) is 14.4. The molecule has 2 N–H and O–H groups in total. The minimum Gasteiger partial charge on any atom is -0.464 e. The van der Waals surface area contributed by atoms with E-state index in [0.29, 0.717) is 6.61 Å². The number of ether oxygens (including phenoxy) is 1. The molecule has 0 radical (unpaired) electrons. The number of esters is 1. The predicted octanol–water partition coefficient (Wildman–Crippen LogP) is 2.15. The second-order valence-corrected chi connectivity index (χ2v) is 4.81. The monoisotopic (exact) mass is 235 g/mol. The Bertz CT molecular complexity index is 358. The minimum atomic E-state index is -0.906. The van der Waals surface area contributed by atoms with Crippen molar-refractivity contribution in [3.8, 4) is 0 Å². The maximum absolute atomic E-state index is 11.7. The SMILES string of the molecule is CC(C)C(C)(N)C(=O)OCCc1ccccc1. The predicted molar refractivity (Wildman–Crippen MR) is 68.5 cm³/mol. The Labute approximate surface area is 103 Å². The molecule has 1 rings (SSSR count). The Balaban J connectivity index is 2.40. The lowest BCUT2D eigenvalue weighted by molar-refractivity contribution is -0.151. The van der Waals surface area contributed by atoms with Crippen molar-refractivity contribution >= 4 is 5.97 Å². The van der Waals surface area contributed by atoms with Gasteiger partial charge in [-0.1, -0.05) is 44.2 Å². The first kappa shape index (κ1) is 13.7. The summed E-state index contributed by atoms with van der Waals surface area (Å²) in [6, 6.07) is 9.93. The van der Waals surface area contributed by atoms with E-state index in [1.165, 1.54) is 0 Å². The number of carbonyl (C=O) groups is 1. The molecule has 0 aliphatic rings. The minimum absolute atomic E-state index is 0.0618. The van der Waals surface area contributed by atoms with Gasteiger partial charge >= 0.3 is 5.97 Å². The Morgan fingerprint density at radius 3 is 2.47 bits per heavy atom. The molecule has 0 saturated heterocycles. The molecule has 17 heavy (non-hydrogen) atoms. The molecule has 0 spiro atoms. The number of hydrogen-bond donors (Lipinski definition) is 1. The van der Waals surface area contributed by atoms with E-state index in [-0.39, 0.29) is 11.9 Å². The third-order valence-electron chi connectivity index (χ3n) is 3.11. The first-order valence-corrected chi connectivity index (χ1v) is 5.94. The summed E-state index contributed by atoms with van der Waals surface area (Å²) in [5, 5.41) is 0. The Hall–Kier alpha value is -1.35. The van der Waals surface area contributed by atoms with Crippen LogP contribution in [-0.2, 0) is 16.0 Å². The van der Waals surface area contributed by atoms with Crippen molar-refractivity contribution in [1.29, 1.82) is 0 Å². The summed E-state index contributed by atoms with van der Waals surface area (Å²) in [7, 11) is 0. The van der Waals surface area contributed by atoms with Gasteiger partial charge in [0.15, 0.2) is 0 Å². The average Bonchev–Trinajstić information content (AvgIpc) is 2.30. The number of hydrogen-bond acceptors (Lipinski definition) is 3. The lowest BCUT2D eigenvalue weighted by atomic mass is 9.90. The van der Waals surface area contributed by atoms with Crippen molar-refractivity contribution in [2.75, 3.05) is 6.61 Å². The summed E-state index contributed by atoms with van der Waals surface area (Å²) >= 11 is 0. The third kappa shape index (κ3) is 3.86. The van der Waals surface area contributed by atoms with Crippen molar-refractivity contribution < 1.29 is 9.53 Å². The van der Waals surface area contributed by atoms with Crippen molar-refractivity contribution in [1.82, 2.24) is 0 Å². The highest BCUT2D eigenvalue weighted by Gasteiger charge is 2.33. The quantitative estimate of drug-likeness (QED) is 0.796. The largest absolute Gasteiger partial charge is 0.464 e. The van der Waals surface area contributed by atoms with Gasteiger partial charge in [-0.3, -0.25) is 4.79 Å². The summed E-state index contributed by atoms with van der Waals surface area (Å²) in [5.41, 5.74) is 6.16. The summed E-state index contributed by atoms with van der Waals surface area (Å²) < 4.78 is 5.21. The summed E-state index contributed by atoms with van der Waals surface area (Å²) in [6.07, 6.45) is 0.723. The number of nitrogens with two attached hydrogens (primary N) is 1. The van der Waals surface area contributed by atoms with Gasteiger partial charge in [0.05, 0.1) is 6.61 Å². The third-order valence-corrected chi connectivity index (χ3v) is 3.11. The zero-order valence-corrected chi connectivity index (χ0v) is 10.8. The van der Waals surface area contributed by atoms with Crippen LogP contribution in [0.4, 0.5) is 0 Å². The van der Waals surface area contributed by atoms with Gasteiger partial charge in [0.25, 0.3) is 0 Å². The molecule has 0 aromatic heterocycles. The molecule has 1 atom stereocenters. The van der Waals surface area contributed by atoms with Crippen LogP contribution in [0.25, 0.3) is 0 Å². The highest BCUT2D eigenvalue weighted by atomic mass is 16.5. The molecule has 3 heteroatoms. The van der Waals surface area contributed by atoms with Crippen LogP contribution in [0.1, 0.15) is 26.3 Å². The fraction of sp³-hybridized carbons (Fsp3) is 0.500. The smallest absolute Gasteiger partial charge is 0.326 e. The summed E-state index contributed by atoms with van der Waals surface area (Å²) in [4.78, 5) is 11.7. The molecule has 0 bridgehead atoms. The van der Waals surface area contributed by atoms with Crippen molar-refractivity contribution in [3.63, 3.8) is 0 Å². The van der Waals surface area contributed by atoms with Gasteiger partial charge in [0, 0.05) is 6.42 Å². The van der Waals surface area contributed by atoms with Gasteiger partial charge in [0.2, 0.25) is 0 Å². The lowest BCUT2D eigenvalue weighted by Gasteiger charge is -2.26. The van der Waals surface area contributed by atoms with Gasteiger partial charge in [-0.05, 0) is 18.4 Å². The Morgan fingerprint density at radius 1 is 1.35 bits per heavy atom. The van der Waals surface area contributed by atoms with Crippen molar-refractivity contribution in [2.45, 2.75) is 32.7 Å². The van der Waals surface area contributed by atoms with E-state index >= 15 is 0 Å². The molecule has 0 heterocycles. The van der Waals surface area contributed by atoms with Crippen molar-refractivity contribution in [3.05, 3.63) is 35.9 Å². The van der Waals surface area contributed by atoms with E-state index in [0.717, 1.165) is 12.0 Å². The first-order chi connectivity index (χ1) is 7.94. The van der Waals surface area contributed by atoms with E-state index < -0.39 is 5.54 Å². The van der Waals surface area contributed by atoms with E-state index in [1.807, 2.05) is 44.2 Å². The highest BCUT2D eigenvalue weighted by Crippen LogP contribution is 2.14. The summed E-state index contributed by atoms with van der Waals surface area (Å²) in [6.45, 7) is 5.92. The van der Waals surface area contributed by atoms with E-state index in [2.05, 4.69) is 0 Å².